The first-order valence-corrected chi connectivity index (χ1v) is 10.0. The van der Waals surface area contributed by atoms with Crippen LogP contribution in [0.2, 0.25) is 0 Å². The van der Waals surface area contributed by atoms with Crippen LogP contribution in [-0.4, -0.2) is 32.3 Å². The maximum Gasteiger partial charge on any atom is 0.319 e. The van der Waals surface area contributed by atoms with Crippen molar-refractivity contribution in [2.45, 2.75) is 39.0 Å². The fourth-order valence-electron chi connectivity index (χ4n) is 3.29. The molecular weight excluding hydrogens is 350 g/mol. The average Bonchev–Trinajstić information content (AvgIpc) is 3.20. The highest BCUT2D eigenvalue weighted by atomic mass is 16.5. The van der Waals surface area contributed by atoms with Crippen molar-refractivity contribution >= 4 is 17.4 Å². The summed E-state index contributed by atoms with van der Waals surface area (Å²) < 4.78 is 5.77. The van der Waals surface area contributed by atoms with Crippen LogP contribution in [0, 0.1) is 0 Å². The van der Waals surface area contributed by atoms with E-state index in [4.69, 9.17) is 4.74 Å². The van der Waals surface area contributed by atoms with Gasteiger partial charge in [0.25, 0.3) is 0 Å². The molecule has 2 aromatic carbocycles. The molecule has 1 aliphatic rings. The Kier molecular flexibility index (Phi) is 6.45. The number of carbonyl (C=O) groups is 1. The van der Waals surface area contributed by atoms with Crippen molar-refractivity contribution in [3.05, 3.63) is 54.1 Å². The van der Waals surface area contributed by atoms with Gasteiger partial charge in [-0.25, -0.2) is 4.79 Å². The van der Waals surface area contributed by atoms with Crippen LogP contribution in [0.15, 0.2) is 48.5 Å². The number of amides is 2. The van der Waals surface area contributed by atoms with Crippen molar-refractivity contribution in [3.8, 4) is 5.75 Å². The van der Waals surface area contributed by atoms with Gasteiger partial charge in [0.05, 0.1) is 6.54 Å². The number of benzene rings is 2. The van der Waals surface area contributed by atoms with Gasteiger partial charge in [-0.15, -0.1) is 0 Å². The van der Waals surface area contributed by atoms with Crippen molar-refractivity contribution < 1.29 is 9.53 Å². The predicted octanol–water partition coefficient (Wildman–Crippen LogP) is 4.78. The largest absolute Gasteiger partial charge is 0.492 e. The Bertz CT molecular complexity index is 775. The average molecular weight is 382 g/mol. The van der Waals surface area contributed by atoms with E-state index in [0.29, 0.717) is 13.2 Å². The van der Waals surface area contributed by atoms with Crippen molar-refractivity contribution in [1.82, 2.24) is 5.32 Å². The molecule has 0 radical (unpaired) electrons. The number of hydrogen-bond acceptors (Lipinski definition) is 3. The van der Waals surface area contributed by atoms with Crippen LogP contribution in [0.25, 0.3) is 0 Å². The Morgan fingerprint density at radius 2 is 1.79 bits per heavy atom. The molecule has 0 bridgehead atoms. The molecule has 0 atom stereocenters. The van der Waals surface area contributed by atoms with E-state index in [1.54, 1.807) is 0 Å². The van der Waals surface area contributed by atoms with Crippen LogP contribution in [0.4, 0.5) is 16.2 Å². The highest BCUT2D eigenvalue weighted by molar-refractivity contribution is 5.89. The molecule has 1 aliphatic heterocycles. The van der Waals surface area contributed by atoms with Gasteiger partial charge < -0.3 is 20.3 Å². The summed E-state index contributed by atoms with van der Waals surface area (Å²) >= 11 is 0. The van der Waals surface area contributed by atoms with E-state index >= 15 is 0 Å². The third-order valence-corrected chi connectivity index (χ3v) is 4.95. The van der Waals surface area contributed by atoms with Gasteiger partial charge in [0.15, 0.2) is 0 Å². The van der Waals surface area contributed by atoms with Gasteiger partial charge in [0.1, 0.15) is 12.4 Å². The summed E-state index contributed by atoms with van der Waals surface area (Å²) in [4.78, 5) is 14.4. The Labute approximate surface area is 168 Å². The quantitative estimate of drug-likeness (QED) is 0.708. The molecule has 5 nitrogen and oxygen atoms in total. The minimum atomic E-state index is -0.221. The van der Waals surface area contributed by atoms with E-state index in [0.717, 1.165) is 24.5 Å². The molecule has 0 unspecified atom stereocenters. The maximum atomic E-state index is 12.1. The maximum absolute atomic E-state index is 12.1. The summed E-state index contributed by atoms with van der Waals surface area (Å²) in [6, 6.07) is 15.9. The van der Waals surface area contributed by atoms with Gasteiger partial charge in [-0.3, -0.25) is 0 Å². The van der Waals surface area contributed by atoms with Crippen LogP contribution in [0.3, 0.4) is 0 Å². The van der Waals surface area contributed by atoms with E-state index in [1.807, 2.05) is 24.3 Å². The third kappa shape index (κ3) is 5.65. The molecule has 28 heavy (non-hydrogen) atoms. The van der Waals surface area contributed by atoms with Crippen molar-refractivity contribution in [2.75, 3.05) is 36.5 Å². The lowest BCUT2D eigenvalue weighted by Gasteiger charge is -2.19. The van der Waals surface area contributed by atoms with Gasteiger partial charge >= 0.3 is 6.03 Å². The van der Waals surface area contributed by atoms with Crippen molar-refractivity contribution in [1.29, 1.82) is 0 Å². The summed E-state index contributed by atoms with van der Waals surface area (Å²) in [5, 5.41) is 5.69. The van der Waals surface area contributed by atoms with E-state index in [2.05, 4.69) is 60.6 Å². The molecule has 2 N–H and O–H groups in total. The predicted molar refractivity (Wildman–Crippen MR) is 116 cm³/mol. The number of nitrogens with zero attached hydrogens (tertiary/aromatic N) is 1. The topological polar surface area (TPSA) is 53.6 Å². The molecule has 1 saturated heterocycles. The third-order valence-electron chi connectivity index (χ3n) is 4.95. The molecule has 2 aromatic rings. The van der Waals surface area contributed by atoms with Crippen LogP contribution < -0.4 is 20.3 Å². The second-order valence-corrected chi connectivity index (χ2v) is 8.25. The number of ether oxygens (including phenoxy) is 1. The molecule has 0 spiro atoms. The second kappa shape index (κ2) is 9.00. The molecule has 150 valence electrons. The van der Waals surface area contributed by atoms with E-state index in [-0.39, 0.29) is 11.4 Å². The SMILES string of the molecule is CC(C)(C)c1cccc(OCCNC(=O)Nc2ccc(N3CCCC3)cc2)c1. The first-order valence-electron chi connectivity index (χ1n) is 10.0. The van der Waals surface area contributed by atoms with Gasteiger partial charge in [-0.2, -0.15) is 0 Å². The zero-order valence-corrected chi connectivity index (χ0v) is 17.1. The Morgan fingerprint density at radius 1 is 1.07 bits per heavy atom. The summed E-state index contributed by atoms with van der Waals surface area (Å²) in [6.07, 6.45) is 2.51. The smallest absolute Gasteiger partial charge is 0.319 e. The molecule has 3 rings (SSSR count). The normalized spacial score (nSPS) is 14.0. The number of hydrogen-bond donors (Lipinski definition) is 2. The summed E-state index contributed by atoms with van der Waals surface area (Å²) in [7, 11) is 0. The minimum Gasteiger partial charge on any atom is -0.492 e. The number of carbonyl (C=O) groups excluding carboxylic acids is 1. The molecule has 2 amide bonds. The van der Waals surface area contributed by atoms with Gasteiger partial charge in [0, 0.05) is 24.5 Å². The van der Waals surface area contributed by atoms with E-state index < -0.39 is 0 Å². The lowest BCUT2D eigenvalue weighted by Crippen LogP contribution is -2.32. The molecular formula is C23H31N3O2. The van der Waals surface area contributed by atoms with Crippen LogP contribution >= 0.6 is 0 Å². The number of anilines is 2. The Morgan fingerprint density at radius 3 is 2.46 bits per heavy atom. The lowest BCUT2D eigenvalue weighted by molar-refractivity contribution is 0.247. The summed E-state index contributed by atoms with van der Waals surface area (Å²) in [6.45, 7) is 9.63. The van der Waals surface area contributed by atoms with Gasteiger partial charge in [0.2, 0.25) is 0 Å². The van der Waals surface area contributed by atoms with E-state index in [9.17, 15) is 4.79 Å². The van der Waals surface area contributed by atoms with Gasteiger partial charge in [-0.05, 0) is 60.2 Å². The number of urea groups is 1. The zero-order valence-electron chi connectivity index (χ0n) is 17.1. The highest BCUT2D eigenvalue weighted by Gasteiger charge is 2.14. The number of rotatable bonds is 6. The first-order chi connectivity index (χ1) is 13.4. The molecule has 1 heterocycles. The minimum absolute atomic E-state index is 0.0851. The second-order valence-electron chi connectivity index (χ2n) is 8.25. The first kappa shape index (κ1) is 20.1. The summed E-state index contributed by atoms with van der Waals surface area (Å²) in [5.74, 6) is 0.826. The zero-order chi connectivity index (χ0) is 20.0. The molecule has 0 aliphatic carbocycles. The van der Waals surface area contributed by atoms with Gasteiger partial charge in [-0.1, -0.05) is 32.9 Å². The fourth-order valence-corrected chi connectivity index (χ4v) is 3.29. The van der Waals surface area contributed by atoms with E-state index in [1.165, 1.54) is 24.1 Å². The monoisotopic (exact) mass is 381 g/mol. The molecule has 0 aromatic heterocycles. The highest BCUT2D eigenvalue weighted by Crippen LogP contribution is 2.25. The van der Waals surface area contributed by atoms with Crippen LogP contribution in [0.1, 0.15) is 39.2 Å². The van der Waals surface area contributed by atoms with Crippen LogP contribution in [-0.2, 0) is 5.41 Å². The lowest BCUT2D eigenvalue weighted by atomic mass is 9.87. The fraction of sp³-hybridized carbons (Fsp3) is 0.435. The van der Waals surface area contributed by atoms with Crippen molar-refractivity contribution in [2.24, 2.45) is 0 Å². The summed E-state index contributed by atoms with van der Waals surface area (Å²) in [5.41, 5.74) is 3.32. The number of nitrogens with one attached hydrogen (secondary N) is 2. The van der Waals surface area contributed by atoms with Crippen LogP contribution in [0.5, 0.6) is 5.75 Å². The van der Waals surface area contributed by atoms with Crippen molar-refractivity contribution in [3.63, 3.8) is 0 Å². The Balaban J connectivity index is 1.40. The molecule has 1 fully saturated rings. The standard InChI is InChI=1S/C23H31N3O2/c1-23(2,3)18-7-6-8-21(17-18)28-16-13-24-22(27)25-19-9-11-20(12-10-19)26-14-4-5-15-26/h6-12,17H,4-5,13-16H2,1-3H3,(H2,24,25,27). The molecule has 0 saturated carbocycles. The molecule has 5 heteroatoms. The Hall–Kier alpha value is -2.69.